The van der Waals surface area contributed by atoms with E-state index in [9.17, 15) is 9.59 Å². The Kier molecular flexibility index (Phi) is 10.0. The number of hydrogen-bond donors (Lipinski definition) is 3. The van der Waals surface area contributed by atoms with Gasteiger partial charge < -0.3 is 30.5 Å². The molecule has 1 unspecified atom stereocenters. The maximum Gasteiger partial charge on any atom is 0.245 e. The number of carbonyl (C=O) groups is 2. The van der Waals surface area contributed by atoms with Crippen molar-refractivity contribution in [3.8, 4) is 5.75 Å². The minimum Gasteiger partial charge on any atom is -0.487 e. The van der Waals surface area contributed by atoms with Crippen molar-refractivity contribution in [2.24, 2.45) is 0 Å². The SMILES string of the molecule is O=C(CC1NCCc2ccccc21)N[C@H](Cc1ccc(Cl)cc1)C(=O)N1CCN(c2ccccc2O[C@@H]2CCCNC2)CC1. The third-order valence-electron chi connectivity index (χ3n) is 8.93. The van der Waals surface area contributed by atoms with Gasteiger partial charge in [0.05, 0.1) is 5.69 Å². The summed E-state index contributed by atoms with van der Waals surface area (Å²) in [5.41, 5.74) is 4.46. The van der Waals surface area contributed by atoms with Gasteiger partial charge in [-0.25, -0.2) is 0 Å². The molecule has 3 aromatic carbocycles. The molecule has 232 valence electrons. The Labute approximate surface area is 265 Å². The van der Waals surface area contributed by atoms with E-state index in [1.807, 2.05) is 59.5 Å². The predicted molar refractivity (Wildman–Crippen MR) is 174 cm³/mol. The van der Waals surface area contributed by atoms with E-state index in [2.05, 4.69) is 39.0 Å². The van der Waals surface area contributed by atoms with Gasteiger partial charge in [-0.1, -0.05) is 60.1 Å². The first-order valence-corrected chi connectivity index (χ1v) is 16.3. The third-order valence-corrected chi connectivity index (χ3v) is 9.19. The molecule has 44 heavy (non-hydrogen) atoms. The van der Waals surface area contributed by atoms with Crippen LogP contribution in [0.1, 0.15) is 42.0 Å². The fourth-order valence-corrected chi connectivity index (χ4v) is 6.70. The van der Waals surface area contributed by atoms with Crippen molar-refractivity contribution >= 4 is 29.1 Å². The number of fused-ring (bicyclic) bond motifs is 1. The molecule has 2 amide bonds. The van der Waals surface area contributed by atoms with Gasteiger partial charge in [-0.3, -0.25) is 9.59 Å². The molecular weight excluding hydrogens is 574 g/mol. The number of para-hydroxylation sites is 2. The number of piperidine rings is 1. The smallest absolute Gasteiger partial charge is 0.245 e. The fraction of sp³-hybridized carbons (Fsp3) is 0.429. The zero-order valence-corrected chi connectivity index (χ0v) is 25.9. The van der Waals surface area contributed by atoms with Crippen LogP contribution < -0.4 is 25.6 Å². The molecular formula is C35H42ClN5O3. The van der Waals surface area contributed by atoms with Crippen LogP contribution >= 0.6 is 11.6 Å². The second kappa shape index (κ2) is 14.5. The van der Waals surface area contributed by atoms with Crippen molar-refractivity contribution in [3.63, 3.8) is 0 Å². The van der Waals surface area contributed by atoms with Crippen LogP contribution in [0.2, 0.25) is 5.02 Å². The molecule has 3 aliphatic heterocycles. The third kappa shape index (κ3) is 7.54. The number of hydrogen-bond acceptors (Lipinski definition) is 6. The maximum absolute atomic E-state index is 14.0. The van der Waals surface area contributed by atoms with Crippen LogP contribution in [-0.4, -0.2) is 74.7 Å². The number of nitrogens with zero attached hydrogens (tertiary/aromatic N) is 2. The van der Waals surface area contributed by atoms with E-state index in [-0.39, 0.29) is 30.4 Å². The van der Waals surface area contributed by atoms with Crippen molar-refractivity contribution in [2.75, 3.05) is 50.7 Å². The molecule has 0 saturated carbocycles. The van der Waals surface area contributed by atoms with Crippen LogP contribution in [0.4, 0.5) is 5.69 Å². The minimum absolute atomic E-state index is 0.0530. The summed E-state index contributed by atoms with van der Waals surface area (Å²) in [4.78, 5) is 31.6. The molecule has 2 fully saturated rings. The highest BCUT2D eigenvalue weighted by Gasteiger charge is 2.31. The lowest BCUT2D eigenvalue weighted by Gasteiger charge is -2.38. The molecule has 0 radical (unpaired) electrons. The van der Waals surface area contributed by atoms with Crippen molar-refractivity contribution in [3.05, 3.63) is 94.5 Å². The molecule has 3 aromatic rings. The molecule has 3 heterocycles. The number of halogens is 1. The lowest BCUT2D eigenvalue weighted by Crippen LogP contribution is -2.56. The number of ether oxygens (including phenoxy) is 1. The second-order valence-electron chi connectivity index (χ2n) is 12.0. The summed E-state index contributed by atoms with van der Waals surface area (Å²) in [5.74, 6) is 0.711. The number of carbonyl (C=O) groups excluding carboxylic acids is 2. The van der Waals surface area contributed by atoms with Crippen molar-refractivity contribution in [2.45, 2.75) is 50.3 Å². The van der Waals surface area contributed by atoms with E-state index in [1.54, 1.807) is 0 Å². The molecule has 8 nitrogen and oxygen atoms in total. The first-order valence-electron chi connectivity index (χ1n) is 15.9. The van der Waals surface area contributed by atoms with Gasteiger partial charge in [0.1, 0.15) is 17.9 Å². The number of anilines is 1. The lowest BCUT2D eigenvalue weighted by atomic mass is 9.92. The zero-order valence-electron chi connectivity index (χ0n) is 25.1. The highest BCUT2D eigenvalue weighted by molar-refractivity contribution is 6.30. The van der Waals surface area contributed by atoms with Gasteiger partial charge in [-0.2, -0.15) is 0 Å². The first-order chi connectivity index (χ1) is 21.5. The Balaban J connectivity index is 1.11. The van der Waals surface area contributed by atoms with Crippen molar-refractivity contribution in [1.29, 1.82) is 0 Å². The van der Waals surface area contributed by atoms with Gasteiger partial charge in [0, 0.05) is 56.6 Å². The summed E-state index contributed by atoms with van der Waals surface area (Å²) >= 11 is 6.13. The van der Waals surface area contributed by atoms with E-state index in [0.717, 1.165) is 61.5 Å². The summed E-state index contributed by atoms with van der Waals surface area (Å²) in [6.45, 7) is 5.27. The van der Waals surface area contributed by atoms with E-state index in [0.29, 0.717) is 37.6 Å². The highest BCUT2D eigenvalue weighted by Crippen LogP contribution is 2.31. The van der Waals surface area contributed by atoms with Gasteiger partial charge in [0.2, 0.25) is 11.8 Å². The molecule has 0 spiro atoms. The topological polar surface area (TPSA) is 85.9 Å². The van der Waals surface area contributed by atoms with Crippen LogP contribution in [0.3, 0.4) is 0 Å². The Morgan fingerprint density at radius 2 is 1.73 bits per heavy atom. The van der Waals surface area contributed by atoms with Crippen LogP contribution in [-0.2, 0) is 22.4 Å². The zero-order chi connectivity index (χ0) is 30.3. The van der Waals surface area contributed by atoms with E-state index < -0.39 is 6.04 Å². The van der Waals surface area contributed by atoms with E-state index in [1.165, 1.54) is 5.56 Å². The van der Waals surface area contributed by atoms with Gasteiger partial charge in [-0.15, -0.1) is 0 Å². The molecule has 9 heteroatoms. The predicted octanol–water partition coefficient (Wildman–Crippen LogP) is 4.12. The summed E-state index contributed by atoms with van der Waals surface area (Å²) in [5, 5.41) is 10.7. The number of benzene rings is 3. The number of amides is 2. The largest absolute Gasteiger partial charge is 0.487 e. The Morgan fingerprint density at radius 1 is 0.955 bits per heavy atom. The molecule has 2 saturated heterocycles. The average molecular weight is 616 g/mol. The van der Waals surface area contributed by atoms with Crippen molar-refractivity contribution < 1.29 is 14.3 Å². The number of nitrogens with one attached hydrogen (secondary N) is 3. The Hall–Kier alpha value is -3.59. The average Bonchev–Trinajstić information content (AvgIpc) is 3.06. The second-order valence-corrected chi connectivity index (χ2v) is 12.4. The fourth-order valence-electron chi connectivity index (χ4n) is 6.58. The maximum atomic E-state index is 14.0. The standard InChI is InChI=1S/C35H42ClN5O3/c36-27-13-11-25(12-14-27)22-31(39-34(42)23-30-29-8-2-1-6-26(29)15-17-38-30)35(43)41-20-18-40(19-21-41)32-9-3-4-10-33(32)44-28-7-5-16-37-24-28/h1-4,6,8-14,28,30-31,37-38H,5,7,15-24H2,(H,39,42)/t28-,30?,31-/m1/s1. The lowest BCUT2D eigenvalue weighted by molar-refractivity contribution is -0.136. The van der Waals surface area contributed by atoms with E-state index in [4.69, 9.17) is 16.3 Å². The van der Waals surface area contributed by atoms with Gasteiger partial charge in [0.15, 0.2) is 0 Å². The van der Waals surface area contributed by atoms with Gasteiger partial charge in [0.25, 0.3) is 0 Å². The van der Waals surface area contributed by atoms with Gasteiger partial charge >= 0.3 is 0 Å². The number of piperazine rings is 1. The molecule has 0 aromatic heterocycles. The van der Waals surface area contributed by atoms with E-state index >= 15 is 0 Å². The first kappa shape index (κ1) is 30.4. The van der Waals surface area contributed by atoms with Crippen LogP contribution in [0.5, 0.6) is 5.75 Å². The van der Waals surface area contributed by atoms with Crippen LogP contribution in [0.15, 0.2) is 72.8 Å². The quantitative estimate of drug-likeness (QED) is 0.336. The number of rotatable bonds is 9. The van der Waals surface area contributed by atoms with Crippen LogP contribution in [0.25, 0.3) is 0 Å². The monoisotopic (exact) mass is 615 g/mol. The molecule has 3 N–H and O–H groups in total. The molecule has 0 aliphatic carbocycles. The Bertz CT molecular complexity index is 1420. The summed E-state index contributed by atoms with van der Waals surface area (Å²) in [6.07, 6.45) is 3.97. The minimum atomic E-state index is -0.663. The van der Waals surface area contributed by atoms with Crippen molar-refractivity contribution in [1.82, 2.24) is 20.9 Å². The highest BCUT2D eigenvalue weighted by atomic mass is 35.5. The molecule has 0 bridgehead atoms. The summed E-state index contributed by atoms with van der Waals surface area (Å²) in [7, 11) is 0. The summed E-state index contributed by atoms with van der Waals surface area (Å²) in [6, 6.07) is 23.2. The van der Waals surface area contributed by atoms with Gasteiger partial charge in [-0.05, 0) is 73.3 Å². The summed E-state index contributed by atoms with van der Waals surface area (Å²) < 4.78 is 6.41. The molecule has 3 aliphatic rings. The van der Waals surface area contributed by atoms with Crippen LogP contribution in [0, 0.1) is 0 Å². The molecule has 6 rings (SSSR count). The normalized spacial score (nSPS) is 20.8. The molecule has 3 atom stereocenters. The Morgan fingerprint density at radius 3 is 2.52 bits per heavy atom.